The summed E-state index contributed by atoms with van der Waals surface area (Å²) in [5.74, 6) is -0.291. The van der Waals surface area contributed by atoms with Crippen molar-refractivity contribution in [3.05, 3.63) is 0 Å². The lowest BCUT2D eigenvalue weighted by atomic mass is 9.95. The molecule has 100 valence electrons. The molecule has 2 aliphatic rings. The number of carbonyl (C=O) groups is 3. The van der Waals surface area contributed by atoms with E-state index in [1.54, 1.807) is 0 Å². The second-order valence-corrected chi connectivity index (χ2v) is 5.06. The Morgan fingerprint density at radius 3 is 2.17 bits per heavy atom. The fourth-order valence-corrected chi connectivity index (χ4v) is 2.27. The first-order valence-corrected chi connectivity index (χ1v) is 6.42. The Labute approximate surface area is 106 Å². The van der Waals surface area contributed by atoms with Gasteiger partial charge in [-0.15, -0.1) is 0 Å². The first-order valence-electron chi connectivity index (χ1n) is 6.42. The van der Waals surface area contributed by atoms with E-state index < -0.39 is 5.91 Å². The predicted molar refractivity (Wildman–Crippen MR) is 64.2 cm³/mol. The van der Waals surface area contributed by atoms with Crippen molar-refractivity contribution in [1.82, 2.24) is 10.2 Å². The summed E-state index contributed by atoms with van der Waals surface area (Å²) in [5.41, 5.74) is 4.97. The van der Waals surface area contributed by atoms with Crippen molar-refractivity contribution >= 4 is 17.7 Å². The zero-order valence-electron chi connectivity index (χ0n) is 10.4. The summed E-state index contributed by atoms with van der Waals surface area (Å²) in [5, 5.41) is 2.51. The van der Waals surface area contributed by atoms with E-state index in [0.717, 1.165) is 12.8 Å². The Kier molecular flexibility index (Phi) is 3.84. The maximum absolute atomic E-state index is 11.8. The van der Waals surface area contributed by atoms with Crippen molar-refractivity contribution in [3.8, 4) is 0 Å². The molecule has 0 aromatic rings. The summed E-state index contributed by atoms with van der Waals surface area (Å²) < 4.78 is 0. The van der Waals surface area contributed by atoms with Crippen LogP contribution in [-0.2, 0) is 14.4 Å². The van der Waals surface area contributed by atoms with E-state index in [1.807, 2.05) is 4.90 Å². The Morgan fingerprint density at radius 1 is 1.06 bits per heavy atom. The molecule has 0 unspecified atom stereocenters. The van der Waals surface area contributed by atoms with Gasteiger partial charge in [0.05, 0.1) is 6.54 Å². The van der Waals surface area contributed by atoms with Crippen molar-refractivity contribution in [2.75, 3.05) is 19.6 Å². The Balaban J connectivity index is 1.73. The van der Waals surface area contributed by atoms with Gasteiger partial charge in [0.15, 0.2) is 0 Å². The van der Waals surface area contributed by atoms with E-state index >= 15 is 0 Å². The van der Waals surface area contributed by atoms with E-state index in [4.69, 9.17) is 5.73 Å². The number of carbonyl (C=O) groups excluding carboxylic acids is 3. The minimum absolute atomic E-state index is 0.104. The Morgan fingerprint density at radius 2 is 1.67 bits per heavy atom. The van der Waals surface area contributed by atoms with E-state index in [-0.39, 0.29) is 30.2 Å². The van der Waals surface area contributed by atoms with Gasteiger partial charge in [-0.3, -0.25) is 14.4 Å². The molecule has 1 saturated heterocycles. The highest BCUT2D eigenvalue weighted by atomic mass is 16.2. The van der Waals surface area contributed by atoms with Gasteiger partial charge in [-0.05, 0) is 25.7 Å². The summed E-state index contributed by atoms with van der Waals surface area (Å²) >= 11 is 0. The van der Waals surface area contributed by atoms with Gasteiger partial charge < -0.3 is 16.0 Å². The van der Waals surface area contributed by atoms with Crippen molar-refractivity contribution in [1.29, 1.82) is 0 Å². The molecule has 3 amide bonds. The molecule has 1 aliphatic carbocycles. The molecular formula is C12H19N3O3. The molecule has 1 aliphatic heterocycles. The first kappa shape index (κ1) is 12.9. The highest BCUT2D eigenvalue weighted by molar-refractivity contribution is 5.85. The summed E-state index contributed by atoms with van der Waals surface area (Å²) in [6.45, 7) is 1.17. The lowest BCUT2D eigenvalue weighted by Crippen LogP contribution is -2.44. The van der Waals surface area contributed by atoms with Crippen LogP contribution in [0.3, 0.4) is 0 Å². The van der Waals surface area contributed by atoms with Crippen LogP contribution in [0.1, 0.15) is 25.7 Å². The summed E-state index contributed by atoms with van der Waals surface area (Å²) in [4.78, 5) is 35.9. The number of piperidine rings is 1. The zero-order valence-corrected chi connectivity index (χ0v) is 10.4. The topological polar surface area (TPSA) is 92.5 Å². The number of hydrogen-bond acceptors (Lipinski definition) is 3. The third-order valence-electron chi connectivity index (χ3n) is 3.54. The van der Waals surface area contributed by atoms with Crippen LogP contribution in [0, 0.1) is 11.8 Å². The Bertz CT molecular complexity index is 358. The van der Waals surface area contributed by atoms with Crippen LogP contribution >= 0.6 is 0 Å². The molecule has 0 atom stereocenters. The van der Waals surface area contributed by atoms with Gasteiger partial charge in [0.2, 0.25) is 17.7 Å². The molecule has 18 heavy (non-hydrogen) atoms. The largest absolute Gasteiger partial charge is 0.368 e. The van der Waals surface area contributed by atoms with E-state index in [0.29, 0.717) is 25.9 Å². The molecule has 2 rings (SSSR count). The van der Waals surface area contributed by atoms with Gasteiger partial charge in [-0.1, -0.05) is 0 Å². The second-order valence-electron chi connectivity index (χ2n) is 5.06. The SMILES string of the molecule is NC(=O)CNC(=O)C1CCN(C(=O)C2CC2)CC1. The minimum Gasteiger partial charge on any atom is -0.368 e. The molecule has 3 N–H and O–H groups in total. The van der Waals surface area contributed by atoms with Crippen LogP contribution in [-0.4, -0.2) is 42.3 Å². The molecule has 0 radical (unpaired) electrons. The Hall–Kier alpha value is -1.59. The number of nitrogens with zero attached hydrogens (tertiary/aromatic N) is 1. The third-order valence-corrected chi connectivity index (χ3v) is 3.54. The first-order chi connectivity index (χ1) is 8.58. The van der Waals surface area contributed by atoms with Crippen molar-refractivity contribution in [2.45, 2.75) is 25.7 Å². The maximum atomic E-state index is 11.8. The average Bonchev–Trinajstić information content (AvgIpc) is 3.19. The number of rotatable bonds is 4. The number of primary amides is 1. The van der Waals surface area contributed by atoms with Gasteiger partial charge in [0.25, 0.3) is 0 Å². The molecule has 2 fully saturated rings. The van der Waals surface area contributed by atoms with Crippen LogP contribution in [0.2, 0.25) is 0 Å². The number of nitrogens with two attached hydrogens (primary N) is 1. The highest BCUT2D eigenvalue weighted by Gasteiger charge is 2.35. The lowest BCUT2D eigenvalue weighted by molar-refractivity contribution is -0.136. The second kappa shape index (κ2) is 5.37. The molecule has 0 spiro atoms. The van der Waals surface area contributed by atoms with Crippen molar-refractivity contribution in [3.63, 3.8) is 0 Å². The quantitative estimate of drug-likeness (QED) is 0.689. The van der Waals surface area contributed by atoms with Gasteiger partial charge in [0, 0.05) is 24.9 Å². The molecular weight excluding hydrogens is 234 g/mol. The van der Waals surface area contributed by atoms with Gasteiger partial charge >= 0.3 is 0 Å². The van der Waals surface area contributed by atoms with Crippen molar-refractivity contribution < 1.29 is 14.4 Å². The minimum atomic E-state index is -0.537. The lowest BCUT2D eigenvalue weighted by Gasteiger charge is -2.31. The smallest absolute Gasteiger partial charge is 0.236 e. The number of likely N-dealkylation sites (tertiary alicyclic amines) is 1. The molecule has 6 heteroatoms. The fraction of sp³-hybridized carbons (Fsp3) is 0.750. The highest BCUT2D eigenvalue weighted by Crippen LogP contribution is 2.32. The third kappa shape index (κ3) is 3.21. The fourth-order valence-electron chi connectivity index (χ4n) is 2.27. The molecule has 6 nitrogen and oxygen atoms in total. The van der Waals surface area contributed by atoms with E-state index in [9.17, 15) is 14.4 Å². The summed E-state index contributed by atoms with van der Waals surface area (Å²) in [7, 11) is 0. The predicted octanol–water partition coefficient (Wildman–Crippen LogP) is -0.764. The average molecular weight is 253 g/mol. The normalized spacial score (nSPS) is 20.6. The summed E-state index contributed by atoms with van der Waals surface area (Å²) in [6.07, 6.45) is 3.36. The molecule has 0 bridgehead atoms. The van der Waals surface area contributed by atoms with Gasteiger partial charge in [0.1, 0.15) is 0 Å². The summed E-state index contributed by atoms with van der Waals surface area (Å²) in [6, 6.07) is 0. The number of nitrogens with one attached hydrogen (secondary N) is 1. The maximum Gasteiger partial charge on any atom is 0.236 e. The molecule has 1 saturated carbocycles. The van der Waals surface area contributed by atoms with Gasteiger partial charge in [-0.25, -0.2) is 0 Å². The number of hydrogen-bond donors (Lipinski definition) is 2. The van der Waals surface area contributed by atoms with Gasteiger partial charge in [-0.2, -0.15) is 0 Å². The molecule has 0 aromatic heterocycles. The monoisotopic (exact) mass is 253 g/mol. The van der Waals surface area contributed by atoms with E-state index in [1.165, 1.54) is 0 Å². The standard InChI is InChI=1S/C12H19N3O3/c13-10(16)7-14-11(17)8-3-5-15(6-4-8)12(18)9-1-2-9/h8-9H,1-7H2,(H2,13,16)(H,14,17). The van der Waals surface area contributed by atoms with E-state index in [2.05, 4.69) is 5.32 Å². The van der Waals surface area contributed by atoms with Crippen LogP contribution in [0.15, 0.2) is 0 Å². The zero-order chi connectivity index (χ0) is 13.1. The van der Waals surface area contributed by atoms with Crippen LogP contribution in [0.4, 0.5) is 0 Å². The molecule has 1 heterocycles. The van der Waals surface area contributed by atoms with Crippen molar-refractivity contribution in [2.24, 2.45) is 17.6 Å². The van der Waals surface area contributed by atoms with Crippen LogP contribution in [0.25, 0.3) is 0 Å². The van der Waals surface area contributed by atoms with Crippen LogP contribution < -0.4 is 11.1 Å². The molecule has 0 aromatic carbocycles. The number of amides is 3. The van der Waals surface area contributed by atoms with Crippen LogP contribution in [0.5, 0.6) is 0 Å².